The predicted molar refractivity (Wildman–Crippen MR) is 82.9 cm³/mol. The second kappa shape index (κ2) is 6.23. The van der Waals surface area contributed by atoms with E-state index in [0.717, 1.165) is 11.4 Å². The quantitative estimate of drug-likeness (QED) is 0.864. The van der Waals surface area contributed by atoms with Crippen molar-refractivity contribution in [2.75, 3.05) is 7.05 Å². The first kappa shape index (κ1) is 14.1. The lowest BCUT2D eigenvalue weighted by atomic mass is 9.94. The van der Waals surface area contributed by atoms with Gasteiger partial charge in [-0.25, -0.2) is 0 Å². The standard InChI is InChI=1S/C17H20ClN/c1-4-13-5-7-14(8-6-13)17(19-3)16-10-9-15(18)11-12(16)2/h5-11,17,19H,4H2,1-3H3. The van der Waals surface area contributed by atoms with E-state index < -0.39 is 0 Å². The molecule has 19 heavy (non-hydrogen) atoms. The van der Waals surface area contributed by atoms with E-state index in [4.69, 9.17) is 11.6 Å². The van der Waals surface area contributed by atoms with Crippen molar-refractivity contribution in [3.05, 3.63) is 69.7 Å². The monoisotopic (exact) mass is 273 g/mol. The highest BCUT2D eigenvalue weighted by atomic mass is 35.5. The molecule has 0 aromatic heterocycles. The van der Waals surface area contributed by atoms with Crippen LogP contribution in [0.2, 0.25) is 5.02 Å². The van der Waals surface area contributed by atoms with Gasteiger partial charge in [0.2, 0.25) is 0 Å². The Balaban J connectivity index is 2.37. The molecular formula is C17H20ClN. The minimum Gasteiger partial charge on any atom is -0.309 e. The van der Waals surface area contributed by atoms with E-state index in [1.54, 1.807) is 0 Å². The van der Waals surface area contributed by atoms with Gasteiger partial charge in [-0.1, -0.05) is 48.9 Å². The van der Waals surface area contributed by atoms with Crippen LogP contribution in [0.25, 0.3) is 0 Å². The number of hydrogen-bond donors (Lipinski definition) is 1. The highest BCUT2D eigenvalue weighted by Crippen LogP contribution is 2.26. The number of aryl methyl sites for hydroxylation is 2. The second-order valence-corrected chi connectivity index (χ2v) is 5.25. The van der Waals surface area contributed by atoms with Crippen molar-refractivity contribution in [2.45, 2.75) is 26.3 Å². The van der Waals surface area contributed by atoms with Crippen LogP contribution in [0.5, 0.6) is 0 Å². The van der Waals surface area contributed by atoms with Gasteiger partial charge in [0.05, 0.1) is 6.04 Å². The van der Waals surface area contributed by atoms with Gasteiger partial charge < -0.3 is 5.32 Å². The molecule has 1 unspecified atom stereocenters. The van der Waals surface area contributed by atoms with Crippen molar-refractivity contribution in [1.29, 1.82) is 0 Å². The lowest BCUT2D eigenvalue weighted by molar-refractivity contribution is 0.687. The van der Waals surface area contributed by atoms with E-state index in [9.17, 15) is 0 Å². The summed E-state index contributed by atoms with van der Waals surface area (Å²) in [6, 6.07) is 15.1. The molecule has 1 atom stereocenters. The lowest BCUT2D eigenvalue weighted by Crippen LogP contribution is -2.18. The van der Waals surface area contributed by atoms with Crippen molar-refractivity contribution in [1.82, 2.24) is 5.32 Å². The van der Waals surface area contributed by atoms with E-state index in [1.807, 2.05) is 19.2 Å². The van der Waals surface area contributed by atoms with E-state index in [0.29, 0.717) is 0 Å². The SMILES string of the molecule is CCc1ccc(C(NC)c2ccc(Cl)cc2C)cc1. The zero-order valence-corrected chi connectivity index (χ0v) is 12.5. The van der Waals surface area contributed by atoms with Gasteiger partial charge in [0.25, 0.3) is 0 Å². The summed E-state index contributed by atoms with van der Waals surface area (Å²) in [7, 11) is 1.99. The van der Waals surface area contributed by atoms with Crippen molar-refractivity contribution in [3.8, 4) is 0 Å². The molecule has 2 rings (SSSR count). The molecule has 0 heterocycles. The summed E-state index contributed by atoms with van der Waals surface area (Å²) in [5, 5.41) is 4.18. The maximum Gasteiger partial charge on any atom is 0.0576 e. The van der Waals surface area contributed by atoms with Crippen molar-refractivity contribution in [2.24, 2.45) is 0 Å². The number of benzene rings is 2. The van der Waals surface area contributed by atoms with Crippen LogP contribution in [0.1, 0.15) is 35.2 Å². The van der Waals surface area contributed by atoms with Gasteiger partial charge in [0.15, 0.2) is 0 Å². The van der Waals surface area contributed by atoms with Gasteiger partial charge in [0.1, 0.15) is 0 Å². The third-order valence-electron chi connectivity index (χ3n) is 3.55. The van der Waals surface area contributed by atoms with Crippen molar-refractivity contribution < 1.29 is 0 Å². The summed E-state index contributed by atoms with van der Waals surface area (Å²) in [6.45, 7) is 4.28. The molecule has 0 aliphatic heterocycles. The van der Waals surface area contributed by atoms with E-state index in [2.05, 4.69) is 49.5 Å². The summed E-state index contributed by atoms with van der Waals surface area (Å²) in [6.07, 6.45) is 1.07. The van der Waals surface area contributed by atoms with Crippen molar-refractivity contribution in [3.63, 3.8) is 0 Å². The topological polar surface area (TPSA) is 12.0 Å². The van der Waals surface area contributed by atoms with E-state index >= 15 is 0 Å². The van der Waals surface area contributed by atoms with E-state index in [-0.39, 0.29) is 6.04 Å². The zero-order chi connectivity index (χ0) is 13.8. The highest BCUT2D eigenvalue weighted by Gasteiger charge is 2.14. The Morgan fingerprint density at radius 1 is 1.11 bits per heavy atom. The normalized spacial score (nSPS) is 12.4. The molecule has 0 fully saturated rings. The van der Waals surface area contributed by atoms with Crippen LogP contribution in [0.4, 0.5) is 0 Å². The summed E-state index contributed by atoms with van der Waals surface area (Å²) >= 11 is 6.03. The summed E-state index contributed by atoms with van der Waals surface area (Å²) < 4.78 is 0. The molecule has 0 radical (unpaired) electrons. The minimum atomic E-state index is 0.211. The molecule has 0 aliphatic carbocycles. The van der Waals surface area contributed by atoms with Gasteiger partial charge in [-0.15, -0.1) is 0 Å². The Kier molecular flexibility index (Phi) is 4.62. The number of nitrogens with one attached hydrogen (secondary N) is 1. The second-order valence-electron chi connectivity index (χ2n) is 4.82. The molecule has 1 nitrogen and oxygen atoms in total. The molecule has 1 N–H and O–H groups in total. The predicted octanol–water partition coefficient (Wildman–Crippen LogP) is 4.52. The maximum absolute atomic E-state index is 6.03. The molecule has 0 saturated carbocycles. The molecule has 2 aromatic rings. The van der Waals surface area contributed by atoms with Crippen LogP contribution >= 0.6 is 11.6 Å². The average molecular weight is 274 g/mol. The average Bonchev–Trinajstić information content (AvgIpc) is 2.42. The first-order valence-electron chi connectivity index (χ1n) is 6.68. The first-order chi connectivity index (χ1) is 9.15. The molecule has 2 aromatic carbocycles. The first-order valence-corrected chi connectivity index (χ1v) is 7.05. The molecule has 0 saturated heterocycles. The van der Waals surface area contributed by atoms with Crippen LogP contribution < -0.4 is 5.32 Å². The smallest absolute Gasteiger partial charge is 0.0576 e. The Labute approximate surface area is 120 Å². The molecule has 0 aliphatic rings. The Hall–Kier alpha value is -1.31. The molecule has 2 heteroatoms. The van der Waals surface area contributed by atoms with Gasteiger partial charge in [-0.05, 0) is 54.8 Å². The summed E-state index contributed by atoms with van der Waals surface area (Å²) in [4.78, 5) is 0. The fraction of sp³-hybridized carbons (Fsp3) is 0.294. The zero-order valence-electron chi connectivity index (χ0n) is 11.7. The fourth-order valence-electron chi connectivity index (χ4n) is 2.41. The number of rotatable bonds is 4. The molecule has 100 valence electrons. The van der Waals surface area contributed by atoms with Crippen LogP contribution in [0.15, 0.2) is 42.5 Å². The summed E-state index contributed by atoms with van der Waals surface area (Å²) in [5.74, 6) is 0. The third-order valence-corrected chi connectivity index (χ3v) is 3.79. The largest absolute Gasteiger partial charge is 0.309 e. The van der Waals surface area contributed by atoms with Crippen LogP contribution in [-0.4, -0.2) is 7.05 Å². The van der Waals surface area contributed by atoms with Crippen LogP contribution in [0.3, 0.4) is 0 Å². The van der Waals surface area contributed by atoms with Crippen LogP contribution in [-0.2, 0) is 6.42 Å². The molecular weight excluding hydrogens is 254 g/mol. The van der Waals surface area contributed by atoms with Crippen LogP contribution in [0, 0.1) is 6.92 Å². The number of halogens is 1. The van der Waals surface area contributed by atoms with Crippen molar-refractivity contribution >= 4 is 11.6 Å². The highest BCUT2D eigenvalue weighted by molar-refractivity contribution is 6.30. The van der Waals surface area contributed by atoms with Gasteiger partial charge in [-0.3, -0.25) is 0 Å². The maximum atomic E-state index is 6.03. The Morgan fingerprint density at radius 3 is 2.32 bits per heavy atom. The number of hydrogen-bond acceptors (Lipinski definition) is 1. The Morgan fingerprint density at radius 2 is 1.79 bits per heavy atom. The van der Waals surface area contributed by atoms with Gasteiger partial charge in [0, 0.05) is 5.02 Å². The fourth-order valence-corrected chi connectivity index (χ4v) is 2.64. The lowest BCUT2D eigenvalue weighted by Gasteiger charge is -2.20. The third kappa shape index (κ3) is 3.17. The minimum absolute atomic E-state index is 0.211. The van der Waals surface area contributed by atoms with Gasteiger partial charge in [-0.2, -0.15) is 0 Å². The molecule has 0 amide bonds. The summed E-state index contributed by atoms with van der Waals surface area (Å²) in [5.41, 5.74) is 5.14. The van der Waals surface area contributed by atoms with E-state index in [1.165, 1.54) is 22.3 Å². The molecule has 0 spiro atoms. The Bertz CT molecular complexity index is 546. The molecule has 0 bridgehead atoms. The van der Waals surface area contributed by atoms with Gasteiger partial charge >= 0.3 is 0 Å².